The van der Waals surface area contributed by atoms with E-state index in [1.807, 2.05) is 0 Å². The Balaban J connectivity index is 1.86. The lowest BCUT2D eigenvalue weighted by atomic mass is 9.99. The van der Waals surface area contributed by atoms with Crippen molar-refractivity contribution in [2.75, 3.05) is 6.61 Å². The number of aliphatic carboxylic acids is 2. The number of carboxylic acid groups (broad SMARTS) is 2. The van der Waals surface area contributed by atoms with Crippen LogP contribution >= 0.6 is 0 Å². The number of hydrogen-bond acceptors (Lipinski definition) is 9. The van der Waals surface area contributed by atoms with Crippen molar-refractivity contribution in [2.24, 2.45) is 0 Å². The van der Waals surface area contributed by atoms with E-state index in [-0.39, 0.29) is 17.9 Å². The first-order valence-electron chi connectivity index (χ1n) is 10.7. The molecule has 188 valence electrons. The molecule has 11 nitrogen and oxygen atoms in total. The molecule has 6 N–H and O–H groups in total. The molecule has 1 fully saturated rings. The minimum absolute atomic E-state index is 0.0186. The summed E-state index contributed by atoms with van der Waals surface area (Å²) < 4.78 is 17.0. The van der Waals surface area contributed by atoms with Crippen LogP contribution < -0.4 is 9.47 Å². The molecule has 5 atom stereocenters. The second-order valence-corrected chi connectivity index (χ2v) is 7.83. The van der Waals surface area contributed by atoms with E-state index in [0.29, 0.717) is 17.7 Å². The Morgan fingerprint density at radius 1 is 0.943 bits per heavy atom. The Bertz CT molecular complexity index is 1050. The molecule has 5 unspecified atom stereocenters. The molecule has 2 aromatic rings. The van der Waals surface area contributed by atoms with Gasteiger partial charge < -0.3 is 44.8 Å². The first kappa shape index (κ1) is 26.1. The second kappa shape index (κ2) is 11.8. The van der Waals surface area contributed by atoms with Gasteiger partial charge in [0, 0.05) is 12.5 Å². The molecule has 11 heteroatoms. The highest BCUT2D eigenvalue weighted by molar-refractivity contribution is 5.85. The monoisotopic (exact) mass is 490 g/mol. The molecule has 1 aliphatic rings. The van der Waals surface area contributed by atoms with E-state index >= 15 is 0 Å². The van der Waals surface area contributed by atoms with Crippen LogP contribution in [0.5, 0.6) is 17.2 Å². The molecule has 0 saturated carbocycles. The van der Waals surface area contributed by atoms with Gasteiger partial charge in [-0.15, -0.1) is 0 Å². The van der Waals surface area contributed by atoms with E-state index in [1.165, 1.54) is 24.3 Å². The molecule has 0 radical (unpaired) electrons. The van der Waals surface area contributed by atoms with Crippen LogP contribution in [0.25, 0.3) is 6.08 Å². The molecular formula is C24H26O11. The molecule has 0 spiro atoms. The Kier molecular flexibility index (Phi) is 8.79. The van der Waals surface area contributed by atoms with E-state index < -0.39 is 49.3 Å². The van der Waals surface area contributed by atoms with Gasteiger partial charge in [-0.1, -0.05) is 18.2 Å². The van der Waals surface area contributed by atoms with Gasteiger partial charge in [-0.2, -0.15) is 0 Å². The third-order valence-corrected chi connectivity index (χ3v) is 5.26. The largest absolute Gasteiger partial charge is 0.481 e. The van der Waals surface area contributed by atoms with Crippen LogP contribution in [0.15, 0.2) is 48.5 Å². The minimum Gasteiger partial charge on any atom is -0.481 e. The van der Waals surface area contributed by atoms with Crippen molar-refractivity contribution in [2.45, 2.75) is 43.5 Å². The van der Waals surface area contributed by atoms with Crippen LogP contribution in [0.4, 0.5) is 0 Å². The van der Waals surface area contributed by atoms with Gasteiger partial charge in [-0.25, -0.2) is 4.79 Å². The smallest absolute Gasteiger partial charge is 0.328 e. The third-order valence-electron chi connectivity index (χ3n) is 5.26. The van der Waals surface area contributed by atoms with Gasteiger partial charge in [-0.05, 0) is 47.9 Å². The minimum atomic E-state index is -1.64. The number of ether oxygens (including phenoxy) is 3. The van der Waals surface area contributed by atoms with E-state index in [9.17, 15) is 30.0 Å². The van der Waals surface area contributed by atoms with Gasteiger partial charge in [0.05, 0.1) is 6.61 Å². The fourth-order valence-corrected chi connectivity index (χ4v) is 3.37. The molecule has 1 aliphatic heterocycles. The number of carboxylic acids is 2. The maximum absolute atomic E-state index is 10.9. The van der Waals surface area contributed by atoms with Crippen molar-refractivity contribution in [1.29, 1.82) is 0 Å². The van der Waals surface area contributed by atoms with E-state index in [1.54, 1.807) is 24.3 Å². The van der Waals surface area contributed by atoms with Crippen LogP contribution in [0.3, 0.4) is 0 Å². The summed E-state index contributed by atoms with van der Waals surface area (Å²) in [6.07, 6.45) is -4.84. The van der Waals surface area contributed by atoms with Gasteiger partial charge in [0.2, 0.25) is 6.29 Å². The first-order chi connectivity index (χ1) is 16.7. The molecule has 35 heavy (non-hydrogen) atoms. The molecule has 0 aromatic heterocycles. The Morgan fingerprint density at radius 2 is 1.66 bits per heavy atom. The van der Waals surface area contributed by atoms with E-state index in [4.69, 9.17) is 24.4 Å². The molecule has 1 saturated heterocycles. The summed E-state index contributed by atoms with van der Waals surface area (Å²) in [6, 6.07) is 11.1. The van der Waals surface area contributed by atoms with Gasteiger partial charge >= 0.3 is 11.9 Å². The van der Waals surface area contributed by atoms with Crippen molar-refractivity contribution in [3.63, 3.8) is 0 Å². The SMILES string of the molecule is O=C(O)C=Cc1ccc(OC2OC(CO)C(O)C(O)C2O)c(Oc2ccc(CCC(=O)O)cc2)c1. The second-order valence-electron chi connectivity index (χ2n) is 7.83. The Morgan fingerprint density at radius 3 is 2.29 bits per heavy atom. The van der Waals surface area contributed by atoms with Crippen molar-refractivity contribution >= 4 is 18.0 Å². The Labute approximate surface area is 200 Å². The lowest BCUT2D eigenvalue weighted by Gasteiger charge is -2.39. The number of aliphatic hydroxyl groups excluding tert-OH is 4. The number of benzene rings is 2. The molecule has 0 aliphatic carbocycles. The summed E-state index contributed by atoms with van der Waals surface area (Å²) >= 11 is 0. The highest BCUT2D eigenvalue weighted by Crippen LogP contribution is 2.35. The number of rotatable bonds is 10. The lowest BCUT2D eigenvalue weighted by molar-refractivity contribution is -0.277. The van der Waals surface area contributed by atoms with Crippen LogP contribution in [0, 0.1) is 0 Å². The molecule has 3 rings (SSSR count). The maximum Gasteiger partial charge on any atom is 0.328 e. The fraction of sp³-hybridized carbons (Fsp3) is 0.333. The van der Waals surface area contributed by atoms with Crippen LogP contribution in [0.1, 0.15) is 17.5 Å². The molecular weight excluding hydrogens is 464 g/mol. The number of carbonyl (C=O) groups is 2. The van der Waals surface area contributed by atoms with Gasteiger partial charge in [0.15, 0.2) is 11.5 Å². The van der Waals surface area contributed by atoms with Crippen LogP contribution in [-0.4, -0.2) is 79.9 Å². The van der Waals surface area contributed by atoms with Crippen LogP contribution in [-0.2, 0) is 20.7 Å². The van der Waals surface area contributed by atoms with Gasteiger partial charge in [0.1, 0.15) is 30.2 Å². The average Bonchev–Trinajstić information content (AvgIpc) is 2.83. The standard InChI is InChI=1S/C24H26O11/c25-12-18-21(30)22(31)23(32)24(35-18)34-16-8-3-14(5-10-20(28)29)11-17(16)33-15-6-1-13(2-7-15)4-9-19(26)27/h1-3,5-8,10-11,18,21-25,30-32H,4,9,12H2,(H,26,27)(H,28,29). The highest BCUT2D eigenvalue weighted by atomic mass is 16.7. The van der Waals surface area contributed by atoms with Crippen molar-refractivity contribution in [3.8, 4) is 17.2 Å². The lowest BCUT2D eigenvalue weighted by Crippen LogP contribution is -2.60. The normalized spacial score (nSPS) is 24.3. The van der Waals surface area contributed by atoms with Crippen LogP contribution in [0.2, 0.25) is 0 Å². The van der Waals surface area contributed by atoms with Crippen molar-refractivity contribution < 1.29 is 54.4 Å². The Hall–Kier alpha value is -3.48. The fourth-order valence-electron chi connectivity index (χ4n) is 3.37. The highest BCUT2D eigenvalue weighted by Gasteiger charge is 2.45. The van der Waals surface area contributed by atoms with Gasteiger partial charge in [0.25, 0.3) is 0 Å². The molecule has 0 amide bonds. The van der Waals surface area contributed by atoms with E-state index in [2.05, 4.69) is 0 Å². The molecule has 0 bridgehead atoms. The topological polar surface area (TPSA) is 183 Å². The predicted octanol–water partition coefficient (Wildman–Crippen LogP) is 0.773. The van der Waals surface area contributed by atoms with Gasteiger partial charge in [-0.3, -0.25) is 4.79 Å². The van der Waals surface area contributed by atoms with E-state index in [0.717, 1.165) is 11.6 Å². The predicted molar refractivity (Wildman–Crippen MR) is 120 cm³/mol. The first-order valence-corrected chi connectivity index (χ1v) is 10.7. The zero-order valence-electron chi connectivity index (χ0n) is 18.4. The zero-order chi connectivity index (χ0) is 25.5. The quantitative estimate of drug-likeness (QED) is 0.259. The molecule has 2 aromatic carbocycles. The molecule has 1 heterocycles. The van der Waals surface area contributed by atoms with Crippen molar-refractivity contribution in [1.82, 2.24) is 0 Å². The summed E-state index contributed by atoms with van der Waals surface area (Å²) in [5.41, 5.74) is 1.25. The summed E-state index contributed by atoms with van der Waals surface area (Å²) in [5, 5.41) is 57.4. The average molecular weight is 490 g/mol. The summed E-state index contributed by atoms with van der Waals surface area (Å²) in [4.78, 5) is 21.6. The third kappa shape index (κ3) is 7.01. The number of aryl methyl sites for hydroxylation is 1. The van der Waals surface area contributed by atoms with Crippen molar-refractivity contribution in [3.05, 3.63) is 59.7 Å². The summed E-state index contributed by atoms with van der Waals surface area (Å²) in [7, 11) is 0. The summed E-state index contributed by atoms with van der Waals surface area (Å²) in [6.45, 7) is -0.624. The number of hydrogen-bond donors (Lipinski definition) is 6. The zero-order valence-corrected chi connectivity index (χ0v) is 18.4. The summed E-state index contributed by atoms with van der Waals surface area (Å²) in [5.74, 6) is -1.51. The number of aliphatic hydroxyl groups is 4. The maximum atomic E-state index is 10.9.